The molecule has 7 atom stereocenters. The molecule has 19 heteroatoms. The summed E-state index contributed by atoms with van der Waals surface area (Å²) in [7, 11) is -9.88. The number of hydrogen-bond acceptors (Lipinski definition) is 15. The molecular formula is C59H114O17P2. The Morgan fingerprint density at radius 3 is 0.910 bits per heavy atom. The monoisotopic (exact) mass is 1160 g/mol. The Bertz CT molecular complexity index is 1580. The maximum Gasteiger partial charge on any atom is 0.472 e. The Labute approximate surface area is 473 Å². The lowest BCUT2D eigenvalue weighted by Gasteiger charge is -2.21. The minimum Gasteiger partial charge on any atom is -0.462 e. The minimum absolute atomic E-state index is 0.100. The van der Waals surface area contributed by atoms with Crippen LogP contribution in [0.3, 0.4) is 0 Å². The van der Waals surface area contributed by atoms with Crippen molar-refractivity contribution in [2.24, 2.45) is 23.7 Å². The van der Waals surface area contributed by atoms with E-state index in [2.05, 4.69) is 55.4 Å². The molecule has 462 valence electrons. The van der Waals surface area contributed by atoms with Gasteiger partial charge in [-0.25, -0.2) is 9.13 Å². The number of aliphatic hydroxyl groups excluding tert-OH is 1. The second kappa shape index (κ2) is 49.7. The van der Waals surface area contributed by atoms with E-state index in [4.69, 9.17) is 37.0 Å². The number of rotatable bonds is 56. The van der Waals surface area contributed by atoms with Gasteiger partial charge in [0.25, 0.3) is 0 Å². The highest BCUT2D eigenvalue weighted by Crippen LogP contribution is 2.45. The molecule has 0 fully saturated rings. The van der Waals surface area contributed by atoms with Crippen LogP contribution in [0.5, 0.6) is 0 Å². The first-order chi connectivity index (χ1) is 37.2. The van der Waals surface area contributed by atoms with Gasteiger partial charge >= 0.3 is 39.5 Å². The molecule has 0 aromatic heterocycles. The molecule has 0 heterocycles. The molecule has 0 aliphatic rings. The SMILES string of the molecule is CCC(C)CCCCCCCCC(=O)OC[C@H](COP(=O)(O)OC[C@@H](O)COP(=O)(O)OC[C@@H](COC(=O)CCCCCCCCC(C)C)OC(=O)CCCCCCCCC(C)CC)OC(=O)CCCCCCCCC(C)C. The molecule has 0 radical (unpaired) electrons. The Hall–Kier alpha value is -1.94. The summed E-state index contributed by atoms with van der Waals surface area (Å²) in [6, 6.07) is 0. The van der Waals surface area contributed by atoms with Gasteiger partial charge in [-0.2, -0.15) is 0 Å². The van der Waals surface area contributed by atoms with E-state index in [9.17, 15) is 43.2 Å². The fourth-order valence-corrected chi connectivity index (χ4v) is 10.1. The number of carbonyl (C=O) groups is 4. The zero-order valence-electron chi connectivity index (χ0n) is 50.3. The minimum atomic E-state index is -4.94. The van der Waals surface area contributed by atoms with Gasteiger partial charge in [-0.1, -0.05) is 222 Å². The summed E-state index contributed by atoms with van der Waals surface area (Å²) in [5, 5.41) is 10.5. The molecule has 0 saturated carbocycles. The van der Waals surface area contributed by atoms with Gasteiger partial charge in [-0.3, -0.25) is 37.3 Å². The fraction of sp³-hybridized carbons (Fsp3) is 0.932. The average molecular weight is 1160 g/mol. The fourth-order valence-electron chi connectivity index (χ4n) is 8.48. The summed E-state index contributed by atoms with van der Waals surface area (Å²) < 4.78 is 67.7. The predicted molar refractivity (Wildman–Crippen MR) is 307 cm³/mol. The first-order valence-corrected chi connectivity index (χ1v) is 33.8. The number of phosphoric acid groups is 2. The van der Waals surface area contributed by atoms with Crippen LogP contribution in [0.1, 0.15) is 274 Å². The maximum absolute atomic E-state index is 12.9. The maximum atomic E-state index is 12.9. The molecule has 3 N–H and O–H groups in total. The second-order valence-electron chi connectivity index (χ2n) is 22.8. The number of hydrogen-bond donors (Lipinski definition) is 3. The van der Waals surface area contributed by atoms with Crippen LogP contribution in [0.2, 0.25) is 0 Å². The molecule has 17 nitrogen and oxygen atoms in total. The van der Waals surface area contributed by atoms with E-state index in [0.717, 1.165) is 115 Å². The van der Waals surface area contributed by atoms with Crippen molar-refractivity contribution >= 4 is 39.5 Å². The summed E-state index contributed by atoms with van der Waals surface area (Å²) in [5.41, 5.74) is 0. The van der Waals surface area contributed by atoms with E-state index >= 15 is 0 Å². The van der Waals surface area contributed by atoms with Gasteiger partial charge in [0.15, 0.2) is 12.2 Å². The van der Waals surface area contributed by atoms with Gasteiger partial charge in [-0.05, 0) is 49.4 Å². The molecular weight excluding hydrogens is 1040 g/mol. The van der Waals surface area contributed by atoms with E-state index in [1.54, 1.807) is 0 Å². The van der Waals surface area contributed by atoms with Crippen molar-refractivity contribution < 1.29 is 80.2 Å². The van der Waals surface area contributed by atoms with Crippen molar-refractivity contribution in [2.75, 3.05) is 39.6 Å². The molecule has 78 heavy (non-hydrogen) atoms. The lowest BCUT2D eigenvalue weighted by atomic mass is 10.00. The van der Waals surface area contributed by atoms with Crippen LogP contribution in [0.4, 0.5) is 0 Å². The summed E-state index contributed by atoms with van der Waals surface area (Å²) in [4.78, 5) is 71.9. The quantitative estimate of drug-likeness (QED) is 0.0222. The van der Waals surface area contributed by atoms with Crippen molar-refractivity contribution in [1.29, 1.82) is 0 Å². The highest BCUT2D eigenvalue weighted by molar-refractivity contribution is 7.47. The zero-order valence-corrected chi connectivity index (χ0v) is 52.1. The lowest BCUT2D eigenvalue weighted by molar-refractivity contribution is -0.161. The van der Waals surface area contributed by atoms with Gasteiger partial charge in [0, 0.05) is 25.7 Å². The molecule has 4 unspecified atom stereocenters. The van der Waals surface area contributed by atoms with Gasteiger partial charge in [0.05, 0.1) is 26.4 Å². The molecule has 0 bridgehead atoms. The van der Waals surface area contributed by atoms with Crippen LogP contribution in [-0.2, 0) is 65.4 Å². The van der Waals surface area contributed by atoms with Crippen molar-refractivity contribution in [3.8, 4) is 0 Å². The predicted octanol–water partition coefficient (Wildman–Crippen LogP) is 15.4. The third-order valence-corrected chi connectivity index (χ3v) is 15.9. The van der Waals surface area contributed by atoms with Gasteiger partial charge in [-0.15, -0.1) is 0 Å². The highest BCUT2D eigenvalue weighted by atomic mass is 31.2. The van der Waals surface area contributed by atoms with Crippen LogP contribution >= 0.6 is 15.6 Å². The topological polar surface area (TPSA) is 237 Å². The Kier molecular flexibility index (Phi) is 48.4. The summed E-state index contributed by atoms with van der Waals surface area (Å²) >= 11 is 0. The zero-order chi connectivity index (χ0) is 58.3. The third-order valence-electron chi connectivity index (χ3n) is 14.0. The number of ether oxygens (including phenoxy) is 4. The highest BCUT2D eigenvalue weighted by Gasteiger charge is 2.30. The molecule has 0 aromatic rings. The molecule has 0 rings (SSSR count). The number of esters is 4. The number of unbranched alkanes of at least 4 members (excludes halogenated alkanes) is 20. The second-order valence-corrected chi connectivity index (χ2v) is 25.7. The number of carbonyl (C=O) groups excluding carboxylic acids is 4. The van der Waals surface area contributed by atoms with Crippen molar-refractivity contribution in [3.63, 3.8) is 0 Å². The number of aliphatic hydroxyl groups is 1. The standard InChI is InChI=1S/C59H114O17P2/c1-9-51(7)37-29-21-13-17-24-32-40-57(62)70-46-54(75-58(63)41-33-25-16-12-20-28-36-50(5)6)47-73-77(65,66)71-43-53(60)44-72-78(67,68)74-48-55(45-69-56(61)39-31-23-15-11-19-27-35-49(3)4)76-59(64)42-34-26-18-14-22-30-38-52(8)10-2/h49-55,60H,9-48H2,1-8H3,(H,65,66)(H,67,68)/t51?,52?,53-,54-,55-/m1/s1. The molecule has 0 saturated heterocycles. The average Bonchev–Trinajstić information content (AvgIpc) is 3.39. The Morgan fingerprint density at radius 2 is 0.615 bits per heavy atom. The molecule has 0 aliphatic heterocycles. The van der Waals surface area contributed by atoms with E-state index in [1.807, 2.05) is 0 Å². The van der Waals surface area contributed by atoms with Crippen molar-refractivity contribution in [1.82, 2.24) is 0 Å². The van der Waals surface area contributed by atoms with Crippen LogP contribution in [0.25, 0.3) is 0 Å². The van der Waals surface area contributed by atoms with E-state index in [-0.39, 0.29) is 25.7 Å². The number of phosphoric ester groups is 2. The first-order valence-electron chi connectivity index (χ1n) is 30.8. The molecule has 0 spiro atoms. The molecule has 0 aliphatic carbocycles. The smallest absolute Gasteiger partial charge is 0.462 e. The van der Waals surface area contributed by atoms with Crippen LogP contribution in [0.15, 0.2) is 0 Å². The van der Waals surface area contributed by atoms with Gasteiger partial charge < -0.3 is 33.8 Å². The van der Waals surface area contributed by atoms with E-state index in [0.29, 0.717) is 37.5 Å². The normalized spacial score (nSPS) is 15.3. The summed E-state index contributed by atoms with van der Waals surface area (Å²) in [6.45, 7) is 13.8. The third kappa shape index (κ3) is 51.0. The first kappa shape index (κ1) is 76.1. The van der Waals surface area contributed by atoms with E-state index < -0.39 is 97.5 Å². The lowest BCUT2D eigenvalue weighted by Crippen LogP contribution is -2.30. The molecule has 0 amide bonds. The van der Waals surface area contributed by atoms with Crippen molar-refractivity contribution in [2.45, 2.75) is 292 Å². The van der Waals surface area contributed by atoms with Crippen LogP contribution in [0, 0.1) is 23.7 Å². The molecule has 0 aromatic carbocycles. The summed E-state index contributed by atoms with van der Waals surface area (Å²) in [5.74, 6) is 0.645. The van der Waals surface area contributed by atoms with Gasteiger partial charge in [0.1, 0.15) is 19.3 Å². The van der Waals surface area contributed by atoms with Crippen LogP contribution in [-0.4, -0.2) is 96.7 Å². The van der Waals surface area contributed by atoms with Gasteiger partial charge in [0.2, 0.25) is 0 Å². The Balaban J connectivity index is 5.25. The summed E-state index contributed by atoms with van der Waals surface area (Å²) in [6.07, 6.45) is 27.0. The Morgan fingerprint density at radius 1 is 0.359 bits per heavy atom. The van der Waals surface area contributed by atoms with Crippen molar-refractivity contribution in [3.05, 3.63) is 0 Å². The van der Waals surface area contributed by atoms with E-state index in [1.165, 1.54) is 64.2 Å². The van der Waals surface area contributed by atoms with Crippen LogP contribution < -0.4 is 0 Å². The largest absolute Gasteiger partial charge is 0.472 e.